The van der Waals surface area contributed by atoms with Gasteiger partial charge in [-0.05, 0) is 55.2 Å². The van der Waals surface area contributed by atoms with Crippen LogP contribution >= 0.6 is 0 Å². The van der Waals surface area contributed by atoms with E-state index >= 15 is 0 Å². The van der Waals surface area contributed by atoms with Gasteiger partial charge in [-0.3, -0.25) is 0 Å². The SMILES string of the molecule is Cc1cc2oc(=O)cc(COC(=O)c3cnn(-c4ccccn4)c3C)c2cc1C(C)C. The minimum atomic E-state index is -0.516. The second kappa shape index (κ2) is 8.18. The maximum Gasteiger partial charge on any atom is 0.341 e. The number of nitrogens with zero attached hydrogens (tertiary/aromatic N) is 3. The number of carbonyl (C=O) groups excluding carboxylic acids is 1. The molecule has 0 aliphatic rings. The first-order valence-electron chi connectivity index (χ1n) is 10.1. The zero-order chi connectivity index (χ0) is 22.1. The van der Waals surface area contributed by atoms with Crippen LogP contribution in [0.3, 0.4) is 0 Å². The number of pyridine rings is 1. The van der Waals surface area contributed by atoms with Crippen LogP contribution in [-0.4, -0.2) is 20.7 Å². The van der Waals surface area contributed by atoms with Gasteiger partial charge in [-0.1, -0.05) is 19.9 Å². The van der Waals surface area contributed by atoms with Crippen molar-refractivity contribution in [1.29, 1.82) is 0 Å². The number of hydrogen-bond donors (Lipinski definition) is 0. The second-order valence-corrected chi connectivity index (χ2v) is 7.77. The Morgan fingerprint density at radius 1 is 1.19 bits per heavy atom. The van der Waals surface area contributed by atoms with Gasteiger partial charge in [0.2, 0.25) is 0 Å². The van der Waals surface area contributed by atoms with Crippen LogP contribution in [0.25, 0.3) is 16.8 Å². The highest BCUT2D eigenvalue weighted by Crippen LogP contribution is 2.27. The number of esters is 1. The summed E-state index contributed by atoms with van der Waals surface area (Å²) >= 11 is 0. The van der Waals surface area contributed by atoms with Crippen LogP contribution in [0.15, 0.2) is 58.0 Å². The Kier molecular flexibility index (Phi) is 5.42. The largest absolute Gasteiger partial charge is 0.457 e. The van der Waals surface area contributed by atoms with Gasteiger partial charge in [0.25, 0.3) is 0 Å². The molecule has 0 amide bonds. The highest BCUT2D eigenvalue weighted by Gasteiger charge is 2.18. The Morgan fingerprint density at radius 2 is 2.00 bits per heavy atom. The van der Waals surface area contributed by atoms with Gasteiger partial charge in [0.15, 0.2) is 5.82 Å². The van der Waals surface area contributed by atoms with Crippen LogP contribution < -0.4 is 5.63 Å². The van der Waals surface area contributed by atoms with E-state index in [2.05, 4.69) is 23.9 Å². The molecule has 0 bridgehead atoms. The molecule has 0 spiro atoms. The quantitative estimate of drug-likeness (QED) is 0.352. The lowest BCUT2D eigenvalue weighted by Crippen LogP contribution is -2.10. The van der Waals surface area contributed by atoms with Gasteiger partial charge in [0.1, 0.15) is 17.8 Å². The van der Waals surface area contributed by atoms with Gasteiger partial charge < -0.3 is 9.15 Å². The number of rotatable bonds is 5. The molecule has 1 aromatic carbocycles. The summed E-state index contributed by atoms with van der Waals surface area (Å²) in [6.45, 7) is 7.94. The molecule has 0 aliphatic heterocycles. The molecule has 0 aliphatic carbocycles. The van der Waals surface area contributed by atoms with E-state index in [1.165, 1.54) is 12.3 Å². The predicted octanol–water partition coefficient (Wildman–Crippen LogP) is 4.47. The Balaban J connectivity index is 1.62. The van der Waals surface area contributed by atoms with E-state index < -0.39 is 11.6 Å². The average Bonchev–Trinajstić information content (AvgIpc) is 3.13. The van der Waals surface area contributed by atoms with Crippen LogP contribution in [0.5, 0.6) is 0 Å². The Labute approximate surface area is 179 Å². The molecule has 0 N–H and O–H groups in total. The maximum absolute atomic E-state index is 12.7. The third kappa shape index (κ3) is 3.99. The lowest BCUT2D eigenvalue weighted by Gasteiger charge is -2.13. The molecule has 0 saturated carbocycles. The fraction of sp³-hybridized carbons (Fsp3) is 0.250. The van der Waals surface area contributed by atoms with Gasteiger partial charge in [-0.15, -0.1) is 0 Å². The van der Waals surface area contributed by atoms with Crippen LogP contribution in [0.2, 0.25) is 0 Å². The number of benzene rings is 1. The molecule has 4 rings (SSSR count). The smallest absolute Gasteiger partial charge is 0.341 e. The van der Waals surface area contributed by atoms with Gasteiger partial charge in [-0.25, -0.2) is 19.3 Å². The van der Waals surface area contributed by atoms with Crippen molar-refractivity contribution in [2.75, 3.05) is 0 Å². The Morgan fingerprint density at radius 3 is 2.71 bits per heavy atom. The molecule has 3 heterocycles. The summed E-state index contributed by atoms with van der Waals surface area (Å²) in [6.07, 6.45) is 3.12. The van der Waals surface area contributed by atoms with Crippen LogP contribution in [0, 0.1) is 13.8 Å². The number of ether oxygens (including phenoxy) is 1. The zero-order valence-electron chi connectivity index (χ0n) is 17.9. The first-order valence-corrected chi connectivity index (χ1v) is 10.1. The fourth-order valence-electron chi connectivity index (χ4n) is 3.67. The maximum atomic E-state index is 12.7. The van der Waals surface area contributed by atoms with Gasteiger partial charge in [0, 0.05) is 23.2 Å². The van der Waals surface area contributed by atoms with E-state index in [9.17, 15) is 9.59 Å². The van der Waals surface area contributed by atoms with E-state index in [0.29, 0.717) is 34.1 Å². The molecule has 0 fully saturated rings. The van der Waals surface area contributed by atoms with E-state index in [0.717, 1.165) is 16.5 Å². The standard InChI is InChI=1S/C24H23N3O4/c1-14(2)18-11-19-17(10-23(28)31-21(19)9-15(18)3)13-30-24(29)20-12-26-27(16(20)4)22-7-5-6-8-25-22/h5-12,14H,13H2,1-4H3. The molecule has 0 unspecified atom stereocenters. The molecule has 3 aromatic heterocycles. The van der Waals surface area contributed by atoms with Crippen molar-refractivity contribution in [2.45, 2.75) is 40.2 Å². The number of carbonyl (C=O) groups is 1. The number of aryl methyl sites for hydroxylation is 1. The first-order chi connectivity index (χ1) is 14.8. The fourth-order valence-corrected chi connectivity index (χ4v) is 3.67. The third-order valence-electron chi connectivity index (χ3n) is 5.29. The molecular weight excluding hydrogens is 394 g/mol. The molecule has 31 heavy (non-hydrogen) atoms. The van der Waals surface area contributed by atoms with Crippen molar-refractivity contribution in [3.8, 4) is 5.82 Å². The summed E-state index contributed by atoms with van der Waals surface area (Å²) in [7, 11) is 0. The molecule has 0 atom stereocenters. The highest BCUT2D eigenvalue weighted by molar-refractivity contribution is 5.90. The Bertz CT molecular complexity index is 1320. The number of hydrogen-bond acceptors (Lipinski definition) is 6. The molecule has 7 heteroatoms. The first kappa shape index (κ1) is 20.5. The molecular formula is C24H23N3O4. The summed E-state index contributed by atoms with van der Waals surface area (Å²) in [6, 6.07) is 10.7. The monoisotopic (exact) mass is 417 g/mol. The predicted molar refractivity (Wildman–Crippen MR) is 117 cm³/mol. The van der Waals surface area contributed by atoms with Crippen LogP contribution in [0.1, 0.15) is 52.5 Å². The second-order valence-electron chi connectivity index (χ2n) is 7.77. The highest BCUT2D eigenvalue weighted by atomic mass is 16.5. The van der Waals surface area contributed by atoms with Crippen molar-refractivity contribution < 1.29 is 13.9 Å². The minimum Gasteiger partial charge on any atom is -0.457 e. The van der Waals surface area contributed by atoms with E-state index in [-0.39, 0.29) is 6.61 Å². The number of fused-ring (bicyclic) bond motifs is 1. The van der Waals surface area contributed by atoms with Crippen molar-refractivity contribution in [1.82, 2.24) is 14.8 Å². The molecule has 4 aromatic rings. The topological polar surface area (TPSA) is 87.2 Å². The zero-order valence-corrected chi connectivity index (χ0v) is 17.9. The van der Waals surface area contributed by atoms with E-state index in [1.807, 2.05) is 31.2 Å². The summed E-state index contributed by atoms with van der Waals surface area (Å²) in [4.78, 5) is 29.0. The summed E-state index contributed by atoms with van der Waals surface area (Å²) < 4.78 is 12.5. The van der Waals surface area contributed by atoms with Gasteiger partial charge in [0.05, 0.1) is 11.9 Å². The van der Waals surface area contributed by atoms with E-state index in [1.54, 1.807) is 23.9 Å². The minimum absolute atomic E-state index is 0.0459. The van der Waals surface area contributed by atoms with Crippen molar-refractivity contribution in [2.24, 2.45) is 0 Å². The molecule has 7 nitrogen and oxygen atoms in total. The van der Waals surface area contributed by atoms with Gasteiger partial charge >= 0.3 is 11.6 Å². The molecule has 158 valence electrons. The van der Waals surface area contributed by atoms with Crippen molar-refractivity contribution >= 4 is 16.9 Å². The lowest BCUT2D eigenvalue weighted by molar-refractivity contribution is 0.0473. The molecule has 0 saturated heterocycles. The van der Waals surface area contributed by atoms with Crippen LogP contribution in [0.4, 0.5) is 0 Å². The van der Waals surface area contributed by atoms with E-state index in [4.69, 9.17) is 9.15 Å². The molecule has 0 radical (unpaired) electrons. The normalized spacial score (nSPS) is 11.3. The van der Waals surface area contributed by atoms with Gasteiger partial charge in [-0.2, -0.15) is 5.10 Å². The number of aromatic nitrogens is 3. The van der Waals surface area contributed by atoms with Crippen molar-refractivity contribution in [3.05, 3.63) is 87.2 Å². The lowest BCUT2D eigenvalue weighted by atomic mass is 9.95. The average molecular weight is 417 g/mol. The van der Waals surface area contributed by atoms with Crippen LogP contribution in [-0.2, 0) is 11.3 Å². The third-order valence-corrected chi connectivity index (χ3v) is 5.29. The summed E-state index contributed by atoms with van der Waals surface area (Å²) in [5.41, 5.74) is 3.79. The summed E-state index contributed by atoms with van der Waals surface area (Å²) in [5, 5.41) is 5.02. The Hall–Kier alpha value is -3.74. The van der Waals surface area contributed by atoms with Crippen molar-refractivity contribution in [3.63, 3.8) is 0 Å². The summed E-state index contributed by atoms with van der Waals surface area (Å²) in [5.74, 6) is 0.409.